The van der Waals surface area contributed by atoms with E-state index in [2.05, 4.69) is 52.8 Å². The molecule has 0 radical (unpaired) electrons. The number of aromatic nitrogens is 1. The average Bonchev–Trinajstić information content (AvgIpc) is 1.69. The zero-order valence-corrected chi connectivity index (χ0v) is 53.8. The molecule has 4 heterocycles. The summed E-state index contributed by atoms with van der Waals surface area (Å²) in [5.74, 6) is -4.61. The number of hydrazine groups is 1. The number of hydrogen-bond donors (Lipinski definition) is 12. The first-order valence-corrected chi connectivity index (χ1v) is 33.5. The van der Waals surface area contributed by atoms with E-state index in [1.807, 2.05) is 17.2 Å². The van der Waals surface area contributed by atoms with Gasteiger partial charge < -0.3 is 66.7 Å². The second-order valence-electron chi connectivity index (χ2n) is 22.6. The van der Waals surface area contributed by atoms with Gasteiger partial charge in [0.15, 0.2) is 0 Å². The largest absolute Gasteiger partial charge is 0.472 e. The standard InChI is InChI=1S/C60H96F3N13O16S/c61-60(62,63)58(87)75-74-46-23-22-42(40-70-46)56(85)68-31-12-2-5-19-47(77)64-28-10-1-4-18-48(78)65-30-13-9-16-43(71-51(81)25-24-50(80)66-29-11-3-6-21-54(84)92-76-52(82)26-27-53(76)83)57(86)69-33-15-35-90-37-39-91-38-36-89-34-14-32-67-49(79)20-8-7-17-45-55-44(41-93-45)72-59(88)73-55/h22-23,40,43-45,55-56,68,85H,1-21,24-39,41H2,(H,64,77)(H,65,78)(H,66,80)(H,67,79)(H,69,86)(H,70,74)(H,71,81)(H,75,87)(H2,72,73,88)/t43-,44-,45-,55-,56?/m0/s1. The number of nitrogens with one attached hydrogen (secondary N) is 11. The van der Waals surface area contributed by atoms with Crippen LogP contribution < -0.4 is 58.7 Å². The quantitative estimate of drug-likeness (QED) is 0.0147. The van der Waals surface area contributed by atoms with Crippen LogP contribution in [0.1, 0.15) is 172 Å². The van der Waals surface area contributed by atoms with Crippen molar-refractivity contribution in [3.8, 4) is 0 Å². The van der Waals surface area contributed by atoms with E-state index in [9.17, 15) is 71.0 Å². The first-order valence-electron chi connectivity index (χ1n) is 32.4. The number of aliphatic hydroxyl groups is 1. The number of halogens is 3. The number of carbonyl (C=O) groups is 11. The third-order valence-corrected chi connectivity index (χ3v) is 16.4. The number of amides is 11. The summed E-state index contributed by atoms with van der Waals surface area (Å²) < 4.78 is 53.9. The Kier molecular flexibility index (Phi) is 39.0. The minimum absolute atomic E-state index is 0.00220. The average molecular weight is 1340 g/mol. The Bertz CT molecular complexity index is 2480. The number of urea groups is 1. The van der Waals surface area contributed by atoms with Crippen molar-refractivity contribution in [1.82, 2.24) is 63.3 Å². The maximum absolute atomic E-state index is 13.4. The molecule has 3 aliphatic heterocycles. The van der Waals surface area contributed by atoms with Crippen LogP contribution in [0.2, 0.25) is 0 Å². The van der Waals surface area contributed by atoms with Crippen LogP contribution in [0.4, 0.5) is 23.8 Å². The maximum atomic E-state index is 13.4. The predicted molar refractivity (Wildman–Crippen MR) is 333 cm³/mol. The highest BCUT2D eigenvalue weighted by Crippen LogP contribution is 2.33. The number of nitrogens with zero attached hydrogens (tertiary/aromatic N) is 2. The Morgan fingerprint density at radius 2 is 1.12 bits per heavy atom. The number of carbonyl (C=O) groups excluding carboxylic acids is 11. The lowest BCUT2D eigenvalue weighted by molar-refractivity contribution is -0.197. The van der Waals surface area contributed by atoms with Crippen LogP contribution in [-0.4, -0.2) is 195 Å². The second-order valence-corrected chi connectivity index (χ2v) is 23.9. The Morgan fingerprint density at radius 3 is 1.70 bits per heavy atom. The fraction of sp³-hybridized carbons (Fsp3) is 0.733. The third kappa shape index (κ3) is 35.2. The molecular formula is C60H96F3N13O16S. The summed E-state index contributed by atoms with van der Waals surface area (Å²) >= 11 is 1.87. The van der Waals surface area contributed by atoms with Gasteiger partial charge in [-0.25, -0.2) is 14.6 Å². The van der Waals surface area contributed by atoms with E-state index < -0.39 is 54.0 Å². The molecule has 1 unspecified atom stereocenters. The fourth-order valence-electron chi connectivity index (χ4n) is 9.74. The van der Waals surface area contributed by atoms with Gasteiger partial charge in [-0.05, 0) is 102 Å². The van der Waals surface area contributed by atoms with Gasteiger partial charge in [-0.1, -0.05) is 25.7 Å². The van der Waals surface area contributed by atoms with Gasteiger partial charge in [0, 0.05) is 120 Å². The van der Waals surface area contributed by atoms with E-state index in [0.717, 1.165) is 25.0 Å². The van der Waals surface area contributed by atoms with Crippen molar-refractivity contribution in [1.29, 1.82) is 0 Å². The minimum atomic E-state index is -5.06. The van der Waals surface area contributed by atoms with Crippen LogP contribution in [0.3, 0.4) is 0 Å². The number of thioether (sulfide) groups is 1. The zero-order chi connectivity index (χ0) is 67.5. The number of aliphatic hydroxyl groups excluding tert-OH is 1. The second kappa shape index (κ2) is 46.2. The Hall–Kier alpha value is -6.94. The van der Waals surface area contributed by atoms with Crippen molar-refractivity contribution < 1.29 is 90.1 Å². The summed E-state index contributed by atoms with van der Waals surface area (Å²) in [7, 11) is 0. The molecule has 3 fully saturated rings. The topological polar surface area (TPSA) is 393 Å². The number of hydroxylamine groups is 2. The summed E-state index contributed by atoms with van der Waals surface area (Å²) in [6.07, 6.45) is 6.52. The normalized spacial score (nSPS) is 16.5. The van der Waals surface area contributed by atoms with Gasteiger partial charge in [-0.15, -0.1) is 5.06 Å². The van der Waals surface area contributed by atoms with E-state index in [1.54, 1.807) is 0 Å². The molecule has 0 aromatic carbocycles. The number of hydrogen-bond acceptors (Lipinski definition) is 20. The van der Waals surface area contributed by atoms with Crippen LogP contribution in [-0.2, 0) is 67.0 Å². The van der Waals surface area contributed by atoms with Crippen molar-refractivity contribution in [3.63, 3.8) is 0 Å². The molecule has 0 saturated carbocycles. The molecule has 11 amide bonds. The molecule has 33 heteroatoms. The van der Waals surface area contributed by atoms with Gasteiger partial charge in [0.05, 0.1) is 38.5 Å². The minimum Gasteiger partial charge on any atom is -0.379 e. The monoisotopic (exact) mass is 1340 g/mol. The van der Waals surface area contributed by atoms with Crippen LogP contribution in [0.5, 0.6) is 0 Å². The van der Waals surface area contributed by atoms with Crippen LogP contribution in [0.25, 0.3) is 0 Å². The number of unbranched alkanes of at least 4 members (excludes halogenated alkanes) is 8. The van der Waals surface area contributed by atoms with E-state index in [-0.39, 0.29) is 92.6 Å². The molecule has 4 rings (SSSR count). The Labute approximate surface area is 544 Å². The van der Waals surface area contributed by atoms with E-state index in [0.29, 0.717) is 191 Å². The molecule has 0 spiro atoms. The lowest BCUT2D eigenvalue weighted by Gasteiger charge is -2.19. The van der Waals surface area contributed by atoms with Crippen molar-refractivity contribution in [2.75, 3.05) is 90.1 Å². The zero-order valence-electron chi connectivity index (χ0n) is 53.0. The van der Waals surface area contributed by atoms with Crippen molar-refractivity contribution in [2.45, 2.75) is 196 Å². The van der Waals surface area contributed by atoms with Crippen molar-refractivity contribution in [2.24, 2.45) is 0 Å². The molecule has 3 aliphatic rings. The lowest BCUT2D eigenvalue weighted by Crippen LogP contribution is -2.47. The molecule has 5 atom stereocenters. The van der Waals surface area contributed by atoms with Crippen molar-refractivity contribution >= 4 is 82.7 Å². The summed E-state index contributed by atoms with van der Waals surface area (Å²) in [6, 6.07) is 2.10. The molecule has 0 aliphatic carbocycles. The number of anilines is 1. The molecule has 29 nitrogen and oxygen atoms in total. The summed E-state index contributed by atoms with van der Waals surface area (Å²) in [5, 5.41) is 37.1. The van der Waals surface area contributed by atoms with Gasteiger partial charge in [0.1, 0.15) is 18.1 Å². The first kappa shape index (κ1) is 78.5. The van der Waals surface area contributed by atoms with Gasteiger partial charge in [0.25, 0.3) is 11.8 Å². The third-order valence-electron chi connectivity index (χ3n) is 14.9. The van der Waals surface area contributed by atoms with Crippen LogP contribution >= 0.6 is 11.8 Å². The van der Waals surface area contributed by atoms with Gasteiger partial charge >= 0.3 is 24.1 Å². The highest BCUT2D eigenvalue weighted by Gasteiger charge is 2.43. The number of ether oxygens (including phenoxy) is 3. The van der Waals surface area contributed by atoms with Gasteiger partial charge in [-0.3, -0.25) is 59.3 Å². The van der Waals surface area contributed by atoms with E-state index in [1.165, 1.54) is 23.8 Å². The number of pyridine rings is 1. The van der Waals surface area contributed by atoms with Gasteiger partial charge in [-0.2, -0.15) is 24.9 Å². The summed E-state index contributed by atoms with van der Waals surface area (Å²) in [6.45, 7) is 4.59. The summed E-state index contributed by atoms with van der Waals surface area (Å²) in [4.78, 5) is 143. The van der Waals surface area contributed by atoms with Crippen molar-refractivity contribution in [3.05, 3.63) is 23.9 Å². The van der Waals surface area contributed by atoms with Crippen LogP contribution in [0, 0.1) is 0 Å². The highest BCUT2D eigenvalue weighted by molar-refractivity contribution is 8.00. The molecule has 93 heavy (non-hydrogen) atoms. The number of fused-ring (bicyclic) bond motifs is 1. The number of alkyl halides is 3. The lowest BCUT2D eigenvalue weighted by atomic mass is 10.0. The predicted octanol–water partition coefficient (Wildman–Crippen LogP) is 2.53. The van der Waals surface area contributed by atoms with E-state index >= 15 is 0 Å². The molecule has 3 saturated heterocycles. The molecule has 524 valence electrons. The Balaban J connectivity index is 1.00. The smallest absolute Gasteiger partial charge is 0.379 e. The maximum Gasteiger partial charge on any atom is 0.472 e. The molecule has 1 aromatic rings. The summed E-state index contributed by atoms with van der Waals surface area (Å²) in [5.41, 5.74) is 3.88. The molecule has 0 bridgehead atoms. The number of imide groups is 1. The molecule has 1 aromatic heterocycles. The molecular weight excluding hydrogens is 1250 g/mol. The first-order chi connectivity index (χ1) is 44.8. The molecule has 12 N–H and O–H groups in total. The van der Waals surface area contributed by atoms with Crippen LogP contribution in [0.15, 0.2) is 18.3 Å². The van der Waals surface area contributed by atoms with Gasteiger partial charge in [0.2, 0.25) is 35.4 Å². The number of rotatable bonds is 52. The SMILES string of the molecule is O=C(CCCCCNC(O)c1ccc(NNC(=O)C(F)(F)F)nc1)NCCCCCC(=O)NCCCC[C@H](NC(=O)CCC(=O)NCCCCCC(=O)ON1C(=O)CCC1=O)C(=O)NCCCOCCOCCOCCCNC(=O)CCCC[C@@H]1SC[C@@H]2NC(=O)N[C@@H]21. The van der Waals surface area contributed by atoms with E-state index in [4.69, 9.17) is 19.0 Å². The highest BCUT2D eigenvalue weighted by atomic mass is 32.2. The Morgan fingerprint density at radius 1 is 0.602 bits per heavy atom. The fourth-order valence-corrected chi connectivity index (χ4v) is 11.3.